The van der Waals surface area contributed by atoms with Gasteiger partial charge in [0, 0.05) is 31.6 Å². The third-order valence-electron chi connectivity index (χ3n) is 11.1. The van der Waals surface area contributed by atoms with Gasteiger partial charge in [0.25, 0.3) is 0 Å². The molecule has 7 unspecified atom stereocenters. The Kier molecular flexibility index (Phi) is 9.70. The minimum atomic E-state index is -1.45. The molecular weight excluding hydrogens is 574 g/mol. The fraction of sp³-hybridized carbons (Fsp3) is 0.719. The van der Waals surface area contributed by atoms with E-state index in [4.69, 9.17) is 14.6 Å². The minimum absolute atomic E-state index is 0.0581. The Balaban J connectivity index is 1.40. The van der Waals surface area contributed by atoms with Gasteiger partial charge in [0.1, 0.15) is 6.04 Å². The molecule has 0 aliphatic heterocycles. The van der Waals surface area contributed by atoms with Crippen LogP contribution < -0.4 is 5.32 Å². The third kappa shape index (κ3) is 6.30. The molecule has 0 aromatic heterocycles. The van der Waals surface area contributed by atoms with Gasteiger partial charge in [-0.15, -0.1) is 0 Å². The number of carbonyl (C=O) groups excluding carboxylic acids is 5. The maximum absolute atomic E-state index is 13.8. The molecule has 12 nitrogen and oxygen atoms in total. The highest BCUT2D eigenvalue weighted by molar-refractivity contribution is 5.94. The zero-order valence-corrected chi connectivity index (χ0v) is 25.6. The summed E-state index contributed by atoms with van der Waals surface area (Å²) in [4.78, 5) is 85.1. The molecule has 3 fully saturated rings. The van der Waals surface area contributed by atoms with E-state index in [1.807, 2.05) is 13.0 Å². The number of Topliss-reactive ketones (excluding diaryl/α,β-unsaturated/α-hetero) is 1. The summed E-state index contributed by atoms with van der Waals surface area (Å²) < 4.78 is 11.1. The van der Waals surface area contributed by atoms with Gasteiger partial charge in [-0.2, -0.15) is 0 Å². The van der Waals surface area contributed by atoms with E-state index >= 15 is 0 Å². The molecule has 4 rings (SSSR count). The predicted molar refractivity (Wildman–Crippen MR) is 153 cm³/mol. The van der Waals surface area contributed by atoms with Gasteiger partial charge in [-0.1, -0.05) is 19.4 Å². The second-order valence-electron chi connectivity index (χ2n) is 13.4. The summed E-state index contributed by atoms with van der Waals surface area (Å²) >= 11 is 0. The normalized spacial score (nSPS) is 33.0. The number of allylic oxidation sites excluding steroid dienone is 1. The van der Waals surface area contributed by atoms with Crippen LogP contribution in [0.5, 0.6) is 0 Å². The molecule has 4 aliphatic rings. The molecule has 44 heavy (non-hydrogen) atoms. The van der Waals surface area contributed by atoms with Crippen molar-refractivity contribution in [3.63, 3.8) is 0 Å². The van der Waals surface area contributed by atoms with E-state index in [9.17, 15) is 38.7 Å². The number of ketones is 2. The average Bonchev–Trinajstić information content (AvgIpc) is 3.25. The monoisotopic (exact) mass is 617 g/mol. The van der Waals surface area contributed by atoms with Crippen LogP contribution >= 0.6 is 0 Å². The first kappa shape index (κ1) is 33.3. The lowest BCUT2D eigenvalue weighted by Crippen LogP contribution is -2.59. The van der Waals surface area contributed by atoms with Crippen molar-refractivity contribution in [2.75, 3.05) is 6.61 Å². The molecule has 4 aliphatic carbocycles. The number of amides is 1. The van der Waals surface area contributed by atoms with Crippen LogP contribution in [0.15, 0.2) is 11.6 Å². The van der Waals surface area contributed by atoms with Crippen LogP contribution in [0.2, 0.25) is 0 Å². The molecule has 7 atom stereocenters. The van der Waals surface area contributed by atoms with Gasteiger partial charge in [-0.25, -0.2) is 4.79 Å². The molecule has 0 aromatic rings. The van der Waals surface area contributed by atoms with E-state index in [0.29, 0.717) is 37.5 Å². The summed E-state index contributed by atoms with van der Waals surface area (Å²) in [6.07, 6.45) is 5.82. The molecule has 0 radical (unpaired) electrons. The Morgan fingerprint density at radius 1 is 0.955 bits per heavy atom. The Hall–Kier alpha value is -3.57. The number of rotatable bonds is 12. The summed E-state index contributed by atoms with van der Waals surface area (Å²) in [6, 6.07) is -1.42. The van der Waals surface area contributed by atoms with Crippen molar-refractivity contribution >= 4 is 41.4 Å². The number of carboxylic acid groups (broad SMARTS) is 2. The van der Waals surface area contributed by atoms with Crippen LogP contribution in [-0.4, -0.2) is 69.8 Å². The molecule has 3 N–H and O–H groups in total. The summed E-state index contributed by atoms with van der Waals surface area (Å²) in [6.45, 7) is 4.91. The topological polar surface area (TPSA) is 190 Å². The van der Waals surface area contributed by atoms with Gasteiger partial charge in [0.15, 0.2) is 18.0 Å². The van der Waals surface area contributed by atoms with E-state index < -0.39 is 78.5 Å². The highest BCUT2D eigenvalue weighted by atomic mass is 16.6. The van der Waals surface area contributed by atoms with Gasteiger partial charge < -0.3 is 25.0 Å². The van der Waals surface area contributed by atoms with Crippen LogP contribution in [0.4, 0.5) is 0 Å². The first-order valence-electron chi connectivity index (χ1n) is 15.5. The molecule has 0 heterocycles. The number of hydrogen-bond donors (Lipinski definition) is 3. The number of aliphatic carboxylic acids is 2. The highest BCUT2D eigenvalue weighted by Gasteiger charge is 2.68. The zero-order chi connectivity index (χ0) is 32.4. The number of fused-ring (bicyclic) bond motifs is 5. The van der Waals surface area contributed by atoms with E-state index in [2.05, 4.69) is 12.2 Å². The maximum atomic E-state index is 13.8. The number of carbonyl (C=O) groups is 7. The predicted octanol–water partition coefficient (Wildman–Crippen LogP) is 3.15. The zero-order valence-electron chi connectivity index (χ0n) is 25.6. The smallest absolute Gasteiger partial charge is 0.326 e. The fourth-order valence-electron chi connectivity index (χ4n) is 8.83. The van der Waals surface area contributed by atoms with Crippen molar-refractivity contribution in [1.82, 2.24) is 5.32 Å². The first-order chi connectivity index (χ1) is 20.6. The van der Waals surface area contributed by atoms with Gasteiger partial charge in [0.05, 0.1) is 6.42 Å². The molecule has 12 heteroatoms. The van der Waals surface area contributed by atoms with E-state index in [-0.39, 0.29) is 23.5 Å². The van der Waals surface area contributed by atoms with Crippen LogP contribution in [0, 0.1) is 28.6 Å². The summed E-state index contributed by atoms with van der Waals surface area (Å²) in [5, 5.41) is 20.2. The van der Waals surface area contributed by atoms with Crippen molar-refractivity contribution < 1.29 is 53.2 Å². The SMILES string of the molecule is CC(=O)OC1(C(=O)COC(=O)CCC(=O)NC(CCC(=O)O)C(=O)O)CCC2C3CCC4=CC(=O)CCC4(C)C3CCC21C. The van der Waals surface area contributed by atoms with Gasteiger partial charge in [-0.05, 0) is 80.6 Å². The van der Waals surface area contributed by atoms with E-state index in [0.717, 1.165) is 25.7 Å². The Morgan fingerprint density at radius 3 is 2.32 bits per heavy atom. The Morgan fingerprint density at radius 2 is 1.66 bits per heavy atom. The fourth-order valence-corrected chi connectivity index (χ4v) is 8.83. The molecule has 0 aromatic carbocycles. The summed E-state index contributed by atoms with van der Waals surface area (Å²) in [7, 11) is 0. The van der Waals surface area contributed by atoms with Gasteiger partial charge in [0.2, 0.25) is 11.7 Å². The Labute approximate surface area is 256 Å². The van der Waals surface area contributed by atoms with Crippen molar-refractivity contribution in [3.8, 4) is 0 Å². The molecule has 1 amide bonds. The minimum Gasteiger partial charge on any atom is -0.481 e. The number of nitrogens with one attached hydrogen (secondary N) is 1. The van der Waals surface area contributed by atoms with Gasteiger partial charge >= 0.3 is 23.9 Å². The quantitative estimate of drug-likeness (QED) is 0.273. The lowest BCUT2D eigenvalue weighted by molar-refractivity contribution is -0.191. The lowest BCUT2D eigenvalue weighted by Gasteiger charge is -2.59. The van der Waals surface area contributed by atoms with Crippen LogP contribution in [0.25, 0.3) is 0 Å². The van der Waals surface area contributed by atoms with Crippen LogP contribution in [-0.2, 0) is 43.0 Å². The number of hydrogen-bond acceptors (Lipinski definition) is 9. The Bertz CT molecular complexity index is 1270. The first-order valence-corrected chi connectivity index (χ1v) is 15.5. The van der Waals surface area contributed by atoms with Crippen LogP contribution in [0.3, 0.4) is 0 Å². The molecule has 0 bridgehead atoms. The molecule has 0 spiro atoms. The maximum Gasteiger partial charge on any atom is 0.326 e. The molecule has 242 valence electrons. The van der Waals surface area contributed by atoms with Crippen molar-refractivity contribution in [3.05, 3.63) is 11.6 Å². The molecule has 3 saturated carbocycles. The summed E-state index contributed by atoms with van der Waals surface area (Å²) in [5.41, 5.74) is -0.937. The summed E-state index contributed by atoms with van der Waals surface area (Å²) in [5.74, 6) is -4.34. The van der Waals surface area contributed by atoms with Crippen molar-refractivity contribution in [2.45, 2.75) is 109 Å². The average molecular weight is 618 g/mol. The number of ether oxygens (including phenoxy) is 2. The van der Waals surface area contributed by atoms with E-state index in [1.54, 1.807) is 0 Å². The van der Waals surface area contributed by atoms with Gasteiger partial charge in [-0.3, -0.25) is 28.8 Å². The molecular formula is C32H43NO11. The van der Waals surface area contributed by atoms with Crippen molar-refractivity contribution in [2.24, 2.45) is 28.6 Å². The second-order valence-corrected chi connectivity index (χ2v) is 13.4. The molecule has 0 saturated heterocycles. The number of esters is 2. The standard InChI is InChI=1S/C32H43NO11/c1-18(34)44-32(25(36)17-43-28(40)9-7-26(37)33-24(29(41)42)6-8-27(38)39)15-12-23-21-5-4-19-16-20(35)10-13-30(19,2)22(21)11-14-31(23,32)3/h16,21-24H,4-15,17H2,1-3H3,(H,33,37)(H,38,39)(H,41,42). The van der Waals surface area contributed by atoms with Crippen LogP contribution in [0.1, 0.15) is 97.8 Å². The van der Waals surface area contributed by atoms with E-state index in [1.165, 1.54) is 12.5 Å². The lowest BCUT2D eigenvalue weighted by atomic mass is 9.46. The third-order valence-corrected chi connectivity index (χ3v) is 11.1. The second kappa shape index (κ2) is 12.8. The van der Waals surface area contributed by atoms with Crippen molar-refractivity contribution in [1.29, 1.82) is 0 Å². The largest absolute Gasteiger partial charge is 0.481 e. The number of carboxylic acids is 2. The highest BCUT2D eigenvalue weighted by Crippen LogP contribution is 2.68.